The van der Waals surface area contributed by atoms with Crippen LogP contribution in [0.2, 0.25) is 0 Å². The molecule has 0 aliphatic heterocycles. The van der Waals surface area contributed by atoms with Crippen molar-refractivity contribution in [2.24, 2.45) is 0 Å². The van der Waals surface area contributed by atoms with Gasteiger partial charge in [0.2, 0.25) is 5.91 Å². The number of aromatic nitrogens is 1. The molecule has 7 nitrogen and oxygen atoms in total. The van der Waals surface area contributed by atoms with Gasteiger partial charge in [-0.1, -0.05) is 54.6 Å². The molecule has 192 valence electrons. The first-order valence-corrected chi connectivity index (χ1v) is 12.3. The van der Waals surface area contributed by atoms with Crippen LogP contribution in [0.3, 0.4) is 0 Å². The highest BCUT2D eigenvalue weighted by Gasteiger charge is 2.23. The molecule has 0 fully saturated rings. The summed E-state index contributed by atoms with van der Waals surface area (Å²) in [5, 5.41) is 36.0. The fourth-order valence-electron chi connectivity index (χ4n) is 4.15. The van der Waals surface area contributed by atoms with Crippen LogP contribution in [0.25, 0.3) is 0 Å². The maximum atomic E-state index is 12.9. The highest BCUT2D eigenvalue weighted by Crippen LogP contribution is 2.23. The van der Waals surface area contributed by atoms with Crippen molar-refractivity contribution in [3.05, 3.63) is 94.8 Å². The molecule has 0 saturated heterocycles. The Hall–Kier alpha value is -3.26. The van der Waals surface area contributed by atoms with Crippen molar-refractivity contribution in [2.75, 3.05) is 6.54 Å². The molecular weight excluding hydrogens is 454 g/mol. The van der Waals surface area contributed by atoms with Crippen LogP contribution in [0.4, 0.5) is 0 Å². The Labute approximate surface area is 213 Å². The molecule has 1 amide bonds. The second-order valence-corrected chi connectivity index (χ2v) is 9.93. The van der Waals surface area contributed by atoms with Crippen LogP contribution in [0.15, 0.2) is 66.7 Å². The van der Waals surface area contributed by atoms with E-state index in [4.69, 9.17) is 0 Å². The molecule has 1 heterocycles. The van der Waals surface area contributed by atoms with Gasteiger partial charge in [0.1, 0.15) is 17.5 Å². The van der Waals surface area contributed by atoms with Crippen molar-refractivity contribution >= 4 is 5.91 Å². The van der Waals surface area contributed by atoms with Crippen molar-refractivity contribution in [3.63, 3.8) is 0 Å². The molecule has 3 rings (SSSR count). The zero-order chi connectivity index (χ0) is 26.3. The highest BCUT2D eigenvalue weighted by atomic mass is 16.3. The molecule has 0 saturated carbocycles. The van der Waals surface area contributed by atoms with E-state index in [1.54, 1.807) is 6.07 Å². The van der Waals surface area contributed by atoms with Gasteiger partial charge < -0.3 is 26.0 Å². The number of β-amino-alcohol motifs (C(OH)–C–C–N with tert-alkyl or cyclic N) is 1. The molecule has 3 atom stereocenters. The summed E-state index contributed by atoms with van der Waals surface area (Å²) in [4.78, 5) is 17.0. The summed E-state index contributed by atoms with van der Waals surface area (Å²) < 4.78 is 0. The number of benzene rings is 2. The maximum absolute atomic E-state index is 12.9. The van der Waals surface area contributed by atoms with Gasteiger partial charge in [-0.2, -0.15) is 0 Å². The second-order valence-electron chi connectivity index (χ2n) is 9.93. The van der Waals surface area contributed by atoms with E-state index in [2.05, 4.69) is 21.7 Å². The minimum absolute atomic E-state index is 0.0207. The van der Waals surface area contributed by atoms with Gasteiger partial charge in [-0.15, -0.1) is 0 Å². The van der Waals surface area contributed by atoms with Crippen LogP contribution in [0, 0.1) is 0 Å². The Kier molecular flexibility index (Phi) is 9.20. The first-order chi connectivity index (χ1) is 17.1. The smallest absolute Gasteiger partial charge is 0.227 e. The number of nitrogens with one attached hydrogen (secondary N) is 2. The summed E-state index contributed by atoms with van der Waals surface area (Å²) in [5.41, 5.74) is 3.28. The van der Waals surface area contributed by atoms with E-state index in [1.165, 1.54) is 6.07 Å². The molecule has 1 aromatic heterocycles. The summed E-state index contributed by atoms with van der Waals surface area (Å²) in [6.45, 7) is 7.85. The van der Waals surface area contributed by atoms with Crippen LogP contribution in [0.1, 0.15) is 73.8 Å². The molecule has 2 unspecified atom stereocenters. The summed E-state index contributed by atoms with van der Waals surface area (Å²) in [5.74, 6) is -0.415. The molecule has 0 spiro atoms. The third-order valence-corrected chi connectivity index (χ3v) is 6.39. The van der Waals surface area contributed by atoms with Gasteiger partial charge in [0, 0.05) is 12.1 Å². The Balaban J connectivity index is 1.60. The maximum Gasteiger partial charge on any atom is 0.227 e. The average Bonchev–Trinajstić information content (AvgIpc) is 2.87. The standard InChI is InChI=1S/C29H37N3O4/c1-19(28(36)31-20(2)22-10-6-5-7-11-22)23-12-8-9-21(15-23)16-29(3,4)30-17-27(35)24-13-14-26(34)25(18-33)32-24/h5-15,19-20,27,30,33-35H,16-18H2,1-4H3,(H,31,36)/t19?,20-,27?/m0/s1. The van der Waals surface area contributed by atoms with Gasteiger partial charge in [0.15, 0.2) is 0 Å². The number of hydrogen-bond donors (Lipinski definition) is 5. The lowest BCUT2D eigenvalue weighted by molar-refractivity contribution is -0.122. The highest BCUT2D eigenvalue weighted by molar-refractivity contribution is 5.83. The van der Waals surface area contributed by atoms with E-state index in [9.17, 15) is 20.1 Å². The third kappa shape index (κ3) is 7.37. The van der Waals surface area contributed by atoms with Crippen LogP contribution in [-0.4, -0.2) is 38.3 Å². The van der Waals surface area contributed by atoms with Gasteiger partial charge in [0.25, 0.3) is 0 Å². The summed E-state index contributed by atoms with van der Waals surface area (Å²) in [6, 6.07) is 20.8. The largest absolute Gasteiger partial charge is 0.506 e. The predicted octanol–water partition coefficient (Wildman–Crippen LogP) is 3.90. The van der Waals surface area contributed by atoms with Crippen LogP contribution in [0.5, 0.6) is 5.75 Å². The van der Waals surface area contributed by atoms with Crippen LogP contribution < -0.4 is 10.6 Å². The lowest BCUT2D eigenvalue weighted by Crippen LogP contribution is -2.43. The van der Waals surface area contributed by atoms with E-state index in [1.807, 2.05) is 76.2 Å². The molecule has 0 aliphatic rings. The lowest BCUT2D eigenvalue weighted by atomic mass is 9.91. The van der Waals surface area contributed by atoms with E-state index >= 15 is 0 Å². The number of carbonyl (C=O) groups is 1. The Morgan fingerprint density at radius 1 is 1.00 bits per heavy atom. The monoisotopic (exact) mass is 491 g/mol. The Morgan fingerprint density at radius 3 is 2.39 bits per heavy atom. The molecule has 0 aliphatic carbocycles. The van der Waals surface area contributed by atoms with Crippen molar-refractivity contribution < 1.29 is 20.1 Å². The number of rotatable bonds is 11. The van der Waals surface area contributed by atoms with E-state index in [0.29, 0.717) is 12.1 Å². The quantitative estimate of drug-likeness (QED) is 0.278. The number of amides is 1. The van der Waals surface area contributed by atoms with Gasteiger partial charge >= 0.3 is 0 Å². The van der Waals surface area contributed by atoms with Crippen LogP contribution >= 0.6 is 0 Å². The number of aliphatic hydroxyl groups excluding tert-OH is 2. The van der Waals surface area contributed by atoms with E-state index < -0.39 is 12.7 Å². The second kappa shape index (κ2) is 12.1. The molecule has 2 aromatic carbocycles. The number of carbonyl (C=O) groups excluding carboxylic acids is 1. The molecule has 3 aromatic rings. The minimum Gasteiger partial charge on any atom is -0.506 e. The Morgan fingerprint density at radius 2 is 1.69 bits per heavy atom. The van der Waals surface area contributed by atoms with Gasteiger partial charge in [0.05, 0.1) is 24.3 Å². The molecular formula is C29H37N3O4. The van der Waals surface area contributed by atoms with Gasteiger partial charge in [-0.05, 0) is 62.9 Å². The number of aliphatic hydroxyl groups is 2. The molecule has 0 radical (unpaired) electrons. The number of aromatic hydroxyl groups is 1. The predicted molar refractivity (Wildman–Crippen MR) is 140 cm³/mol. The first kappa shape index (κ1) is 27.3. The van der Waals surface area contributed by atoms with Gasteiger partial charge in [-0.25, -0.2) is 4.98 Å². The lowest BCUT2D eigenvalue weighted by Gasteiger charge is -2.28. The van der Waals surface area contributed by atoms with Crippen LogP contribution in [-0.2, 0) is 17.8 Å². The van der Waals surface area contributed by atoms with Crippen molar-refractivity contribution in [2.45, 2.75) is 64.3 Å². The third-order valence-electron chi connectivity index (χ3n) is 6.39. The first-order valence-electron chi connectivity index (χ1n) is 12.3. The number of hydrogen-bond acceptors (Lipinski definition) is 6. The fraction of sp³-hybridized carbons (Fsp3) is 0.379. The van der Waals surface area contributed by atoms with Crippen molar-refractivity contribution in [1.82, 2.24) is 15.6 Å². The molecule has 7 heteroatoms. The number of nitrogens with zero attached hydrogens (tertiary/aromatic N) is 1. The molecule has 0 bridgehead atoms. The Bertz CT molecular complexity index is 1150. The van der Waals surface area contributed by atoms with Gasteiger partial charge in [-0.3, -0.25) is 4.79 Å². The van der Waals surface area contributed by atoms with E-state index in [0.717, 1.165) is 16.7 Å². The fourth-order valence-corrected chi connectivity index (χ4v) is 4.15. The van der Waals surface area contributed by atoms with Crippen molar-refractivity contribution in [3.8, 4) is 5.75 Å². The summed E-state index contributed by atoms with van der Waals surface area (Å²) in [6.07, 6.45) is -0.204. The summed E-state index contributed by atoms with van der Waals surface area (Å²) in [7, 11) is 0. The molecule has 36 heavy (non-hydrogen) atoms. The molecule has 5 N–H and O–H groups in total. The number of pyridine rings is 1. The zero-order valence-electron chi connectivity index (χ0n) is 21.4. The minimum atomic E-state index is -0.892. The SMILES string of the molecule is CC(C(=O)N[C@@H](C)c1ccccc1)c1cccc(CC(C)(C)NCC(O)c2ccc(O)c(CO)n2)c1. The average molecular weight is 492 g/mol. The zero-order valence-corrected chi connectivity index (χ0v) is 21.4. The van der Waals surface area contributed by atoms with Crippen molar-refractivity contribution in [1.29, 1.82) is 0 Å². The van der Waals surface area contributed by atoms with E-state index in [-0.39, 0.29) is 41.4 Å². The topological polar surface area (TPSA) is 115 Å². The summed E-state index contributed by atoms with van der Waals surface area (Å²) >= 11 is 0. The normalized spacial score (nSPS) is 14.2.